The number of nitrogens with zero attached hydrogens (tertiary/aromatic N) is 1. The number of rotatable bonds is 5. The minimum atomic E-state index is -0.518. The zero-order valence-corrected chi connectivity index (χ0v) is 17.7. The molecule has 2 saturated heterocycles. The lowest BCUT2D eigenvalue weighted by Gasteiger charge is -2.40. The number of halogens is 1. The van der Waals surface area contributed by atoms with E-state index in [2.05, 4.69) is 15.5 Å². The quantitative estimate of drug-likeness (QED) is 0.622. The number of likely N-dealkylation sites (tertiary alicyclic amines) is 1. The molecule has 2 aliphatic heterocycles. The van der Waals surface area contributed by atoms with E-state index < -0.39 is 6.04 Å². The van der Waals surface area contributed by atoms with E-state index in [-0.39, 0.29) is 41.8 Å². The van der Waals surface area contributed by atoms with Crippen LogP contribution in [0.4, 0.5) is 10.1 Å². The first-order valence-corrected chi connectivity index (χ1v) is 11.3. The first kappa shape index (κ1) is 21.7. The molecule has 0 bridgehead atoms. The zero-order chi connectivity index (χ0) is 22.0. The summed E-state index contributed by atoms with van der Waals surface area (Å²) < 4.78 is 14.9. The van der Waals surface area contributed by atoms with Gasteiger partial charge in [0, 0.05) is 24.1 Å². The van der Waals surface area contributed by atoms with Gasteiger partial charge in [-0.25, -0.2) is 4.39 Å². The molecule has 7 nitrogen and oxygen atoms in total. The Balaban J connectivity index is 1.30. The fourth-order valence-corrected chi connectivity index (χ4v) is 5.28. The van der Waals surface area contributed by atoms with Gasteiger partial charge < -0.3 is 16.0 Å². The van der Waals surface area contributed by atoms with Gasteiger partial charge in [-0.2, -0.15) is 0 Å². The van der Waals surface area contributed by atoms with E-state index in [1.165, 1.54) is 6.07 Å². The topological polar surface area (TPSA) is 105 Å². The van der Waals surface area contributed by atoms with Crippen molar-refractivity contribution in [3.05, 3.63) is 29.6 Å². The Hall–Kier alpha value is -2.48. The third-order valence-electron chi connectivity index (χ3n) is 7.17. The molecule has 1 unspecified atom stereocenters. The molecule has 1 atom stereocenters. The minimum absolute atomic E-state index is 0.0233. The molecule has 0 spiro atoms. The predicted octanol–water partition coefficient (Wildman–Crippen LogP) is 2.27. The number of nitrogens with one attached hydrogen (secondary N) is 2. The Morgan fingerprint density at radius 2 is 1.77 bits per heavy atom. The van der Waals surface area contributed by atoms with Crippen LogP contribution >= 0.6 is 0 Å². The molecule has 4 rings (SSSR count). The molecular weight excluding hydrogens is 399 g/mol. The van der Waals surface area contributed by atoms with Crippen molar-refractivity contribution < 1.29 is 18.8 Å². The normalized spacial score (nSPS) is 28.2. The van der Waals surface area contributed by atoms with Gasteiger partial charge >= 0.3 is 0 Å². The second kappa shape index (κ2) is 9.34. The van der Waals surface area contributed by atoms with Crippen LogP contribution in [0.25, 0.3) is 0 Å². The van der Waals surface area contributed by atoms with Crippen molar-refractivity contribution in [2.24, 2.45) is 11.7 Å². The van der Waals surface area contributed by atoms with Crippen molar-refractivity contribution in [2.45, 2.75) is 69.4 Å². The van der Waals surface area contributed by atoms with Crippen molar-refractivity contribution in [2.75, 3.05) is 18.4 Å². The van der Waals surface area contributed by atoms with Gasteiger partial charge in [-0.15, -0.1) is 0 Å². The number of hydrogen-bond donors (Lipinski definition) is 3. The highest BCUT2D eigenvalue weighted by Gasteiger charge is 2.32. The highest BCUT2D eigenvalue weighted by molar-refractivity contribution is 6.01. The van der Waals surface area contributed by atoms with Gasteiger partial charge in [0.15, 0.2) is 0 Å². The summed E-state index contributed by atoms with van der Waals surface area (Å²) in [5.41, 5.74) is 6.72. The molecule has 31 heavy (non-hydrogen) atoms. The zero-order valence-electron chi connectivity index (χ0n) is 17.7. The molecule has 3 aliphatic rings. The number of anilines is 1. The number of imide groups is 1. The van der Waals surface area contributed by atoms with E-state index in [1.807, 2.05) is 12.1 Å². The summed E-state index contributed by atoms with van der Waals surface area (Å²) in [5.74, 6) is -0.853. The maximum atomic E-state index is 14.9. The van der Waals surface area contributed by atoms with Crippen LogP contribution in [-0.2, 0) is 14.4 Å². The monoisotopic (exact) mass is 430 g/mol. The SMILES string of the molecule is NC(=O)C1CCC(N2CCC(c3ccc(NC4CCC(=O)NC4=O)cc3F)CC2)CC1. The second-order valence-corrected chi connectivity index (χ2v) is 9.10. The Bertz CT molecular complexity index is 845. The van der Waals surface area contributed by atoms with E-state index in [0.29, 0.717) is 18.2 Å². The van der Waals surface area contributed by atoms with Gasteiger partial charge in [0.2, 0.25) is 17.7 Å². The van der Waals surface area contributed by atoms with Gasteiger partial charge in [-0.3, -0.25) is 19.7 Å². The molecule has 1 aromatic rings. The molecule has 0 radical (unpaired) electrons. The van der Waals surface area contributed by atoms with E-state index in [4.69, 9.17) is 5.73 Å². The largest absolute Gasteiger partial charge is 0.374 e. The van der Waals surface area contributed by atoms with Crippen molar-refractivity contribution in [3.63, 3.8) is 0 Å². The van der Waals surface area contributed by atoms with Crippen LogP contribution < -0.4 is 16.4 Å². The van der Waals surface area contributed by atoms with Crippen LogP contribution in [0.15, 0.2) is 18.2 Å². The number of carbonyl (C=O) groups excluding carboxylic acids is 3. The summed E-state index contributed by atoms with van der Waals surface area (Å²) in [4.78, 5) is 37.0. The molecule has 2 heterocycles. The lowest BCUT2D eigenvalue weighted by molar-refractivity contribution is -0.133. The number of carbonyl (C=O) groups is 3. The third kappa shape index (κ3) is 5.06. The summed E-state index contributed by atoms with van der Waals surface area (Å²) in [5, 5.41) is 5.34. The van der Waals surface area contributed by atoms with E-state index in [0.717, 1.165) is 57.2 Å². The number of piperidine rings is 2. The first-order chi connectivity index (χ1) is 14.9. The van der Waals surface area contributed by atoms with Gasteiger partial charge in [-0.05, 0) is 81.6 Å². The molecule has 1 saturated carbocycles. The maximum Gasteiger partial charge on any atom is 0.249 e. The van der Waals surface area contributed by atoms with Gasteiger partial charge in [0.05, 0.1) is 0 Å². The molecule has 0 aromatic heterocycles. The lowest BCUT2D eigenvalue weighted by atomic mass is 9.82. The molecule has 3 amide bonds. The van der Waals surface area contributed by atoms with Crippen LogP contribution in [0.2, 0.25) is 0 Å². The highest BCUT2D eigenvalue weighted by atomic mass is 19.1. The average Bonchev–Trinajstić information content (AvgIpc) is 2.76. The van der Waals surface area contributed by atoms with Crippen molar-refractivity contribution in [3.8, 4) is 0 Å². The van der Waals surface area contributed by atoms with Crippen LogP contribution in [0, 0.1) is 11.7 Å². The van der Waals surface area contributed by atoms with Crippen LogP contribution in [0.3, 0.4) is 0 Å². The van der Waals surface area contributed by atoms with Gasteiger partial charge in [0.1, 0.15) is 11.9 Å². The number of benzene rings is 1. The van der Waals surface area contributed by atoms with E-state index in [9.17, 15) is 18.8 Å². The lowest BCUT2D eigenvalue weighted by Crippen LogP contribution is -2.47. The smallest absolute Gasteiger partial charge is 0.249 e. The number of hydrogen-bond acceptors (Lipinski definition) is 5. The van der Waals surface area contributed by atoms with Crippen LogP contribution in [0.5, 0.6) is 0 Å². The van der Waals surface area contributed by atoms with Crippen molar-refractivity contribution in [1.82, 2.24) is 10.2 Å². The van der Waals surface area contributed by atoms with Crippen molar-refractivity contribution in [1.29, 1.82) is 0 Å². The number of amides is 3. The second-order valence-electron chi connectivity index (χ2n) is 9.10. The summed E-state index contributed by atoms with van der Waals surface area (Å²) in [6.07, 6.45) is 6.27. The standard InChI is InChI=1S/C23H31FN4O3/c24-19-13-16(26-20-7-8-21(29)27-23(20)31)3-6-18(19)14-9-11-28(12-10-14)17-4-1-15(2-5-17)22(25)30/h3,6,13-15,17,20,26H,1-2,4-5,7-12H2,(H2,25,30)(H,27,29,31). The maximum absolute atomic E-state index is 14.9. The Labute approximate surface area is 181 Å². The number of primary amides is 1. The molecule has 3 fully saturated rings. The molecule has 1 aromatic carbocycles. The number of nitrogens with two attached hydrogens (primary N) is 1. The minimum Gasteiger partial charge on any atom is -0.374 e. The predicted molar refractivity (Wildman–Crippen MR) is 115 cm³/mol. The van der Waals surface area contributed by atoms with E-state index in [1.54, 1.807) is 0 Å². The summed E-state index contributed by atoms with van der Waals surface area (Å²) >= 11 is 0. The summed E-state index contributed by atoms with van der Waals surface area (Å²) in [7, 11) is 0. The summed E-state index contributed by atoms with van der Waals surface area (Å²) in [6.45, 7) is 1.87. The fraction of sp³-hybridized carbons (Fsp3) is 0.609. The van der Waals surface area contributed by atoms with Gasteiger partial charge in [-0.1, -0.05) is 6.07 Å². The third-order valence-corrected chi connectivity index (χ3v) is 7.17. The van der Waals surface area contributed by atoms with Crippen LogP contribution in [0.1, 0.15) is 62.8 Å². The van der Waals surface area contributed by atoms with Gasteiger partial charge in [0.25, 0.3) is 0 Å². The Kier molecular flexibility index (Phi) is 6.55. The van der Waals surface area contributed by atoms with Crippen LogP contribution in [-0.4, -0.2) is 47.8 Å². The Morgan fingerprint density at radius 1 is 1.06 bits per heavy atom. The summed E-state index contributed by atoms with van der Waals surface area (Å²) in [6, 6.07) is 5.08. The molecule has 1 aliphatic carbocycles. The molecule has 4 N–H and O–H groups in total. The average molecular weight is 431 g/mol. The molecule has 8 heteroatoms. The fourth-order valence-electron chi connectivity index (χ4n) is 5.28. The van der Waals surface area contributed by atoms with E-state index >= 15 is 0 Å². The molecular formula is C23H31FN4O3. The first-order valence-electron chi connectivity index (χ1n) is 11.3. The Morgan fingerprint density at radius 3 is 2.39 bits per heavy atom. The molecule has 168 valence electrons. The highest BCUT2D eigenvalue weighted by Crippen LogP contribution is 2.35. The van der Waals surface area contributed by atoms with Crippen molar-refractivity contribution >= 4 is 23.4 Å².